The third kappa shape index (κ3) is 6.45. The Bertz CT molecular complexity index is 103. The van der Waals surface area contributed by atoms with Crippen LogP contribution in [0.25, 0.3) is 0 Å². The number of nitrogens with one attached hydrogen (secondary N) is 1. The first kappa shape index (κ1) is 11.7. The normalized spacial score (nSPS) is 13.8. The van der Waals surface area contributed by atoms with E-state index in [4.69, 9.17) is 9.47 Å². The lowest BCUT2D eigenvalue weighted by Crippen LogP contribution is -2.35. The van der Waals surface area contributed by atoms with Gasteiger partial charge in [-0.05, 0) is 7.05 Å². The van der Waals surface area contributed by atoms with Crippen LogP contribution < -0.4 is 5.32 Å². The molecule has 0 heterocycles. The van der Waals surface area contributed by atoms with E-state index in [9.17, 15) is 8.78 Å². The molecule has 0 aliphatic carbocycles. The molecule has 3 nitrogen and oxygen atoms in total. The number of hydrogen-bond acceptors (Lipinski definition) is 3. The predicted octanol–water partition coefficient (Wildman–Crippen LogP) is 0.502. The second kappa shape index (κ2) is 7.39. The molecule has 0 bridgehead atoms. The van der Waals surface area contributed by atoms with Crippen LogP contribution in [-0.4, -0.2) is 46.4 Å². The van der Waals surface area contributed by atoms with Gasteiger partial charge in [0, 0.05) is 7.11 Å². The van der Waals surface area contributed by atoms with Crippen LogP contribution in [0.5, 0.6) is 0 Å². The molecule has 1 N–H and O–H groups in total. The minimum atomic E-state index is -2.40. The standard InChI is InChI=1S/C7H15F2NO2/c1-10-6(3-11-2)4-12-5-7(8)9/h6-7,10H,3-5H2,1-2H3. The summed E-state index contributed by atoms with van der Waals surface area (Å²) in [5, 5.41) is 2.88. The Labute approximate surface area is 71.0 Å². The molecular weight excluding hydrogens is 168 g/mol. The molecule has 0 spiro atoms. The fourth-order valence-corrected chi connectivity index (χ4v) is 0.715. The highest BCUT2D eigenvalue weighted by molar-refractivity contribution is 4.61. The first-order valence-corrected chi connectivity index (χ1v) is 3.72. The van der Waals surface area contributed by atoms with Gasteiger partial charge in [0.15, 0.2) is 0 Å². The van der Waals surface area contributed by atoms with Crippen molar-refractivity contribution in [2.75, 3.05) is 34.0 Å². The molecular formula is C7H15F2NO2. The fraction of sp³-hybridized carbons (Fsp3) is 1.00. The van der Waals surface area contributed by atoms with Crippen molar-refractivity contribution >= 4 is 0 Å². The number of halogens is 2. The molecule has 0 aromatic carbocycles. The van der Waals surface area contributed by atoms with E-state index in [0.29, 0.717) is 6.61 Å². The molecule has 1 atom stereocenters. The fourth-order valence-electron chi connectivity index (χ4n) is 0.715. The zero-order chi connectivity index (χ0) is 9.40. The SMILES string of the molecule is CNC(COC)COCC(F)F. The molecule has 0 fully saturated rings. The number of ether oxygens (including phenoxy) is 2. The van der Waals surface area contributed by atoms with E-state index in [-0.39, 0.29) is 12.6 Å². The summed E-state index contributed by atoms with van der Waals surface area (Å²) in [6, 6.07) is -0.0197. The molecule has 1 unspecified atom stereocenters. The predicted molar refractivity (Wildman–Crippen MR) is 41.5 cm³/mol. The lowest BCUT2D eigenvalue weighted by Gasteiger charge is -2.14. The molecule has 0 aliphatic heterocycles. The second-order valence-electron chi connectivity index (χ2n) is 2.37. The van der Waals surface area contributed by atoms with E-state index in [0.717, 1.165) is 0 Å². The minimum Gasteiger partial charge on any atom is -0.383 e. The van der Waals surface area contributed by atoms with Crippen LogP contribution in [0.2, 0.25) is 0 Å². The Kier molecular flexibility index (Phi) is 7.23. The lowest BCUT2D eigenvalue weighted by atomic mass is 10.3. The van der Waals surface area contributed by atoms with Gasteiger partial charge in [0.2, 0.25) is 0 Å². The van der Waals surface area contributed by atoms with Crippen molar-refractivity contribution in [3.05, 3.63) is 0 Å². The number of hydrogen-bond donors (Lipinski definition) is 1. The Morgan fingerprint density at radius 3 is 2.33 bits per heavy atom. The maximum Gasteiger partial charge on any atom is 0.261 e. The highest BCUT2D eigenvalue weighted by Gasteiger charge is 2.07. The van der Waals surface area contributed by atoms with Gasteiger partial charge in [-0.1, -0.05) is 0 Å². The molecule has 0 saturated heterocycles. The molecule has 0 aromatic heterocycles. The van der Waals surface area contributed by atoms with Gasteiger partial charge in [0.05, 0.1) is 19.3 Å². The van der Waals surface area contributed by atoms with Gasteiger partial charge in [-0.3, -0.25) is 0 Å². The van der Waals surface area contributed by atoms with Gasteiger partial charge in [-0.2, -0.15) is 0 Å². The third-order valence-corrected chi connectivity index (χ3v) is 1.34. The van der Waals surface area contributed by atoms with Crippen LogP contribution in [0.4, 0.5) is 8.78 Å². The Hall–Kier alpha value is -0.260. The summed E-state index contributed by atoms with van der Waals surface area (Å²) in [6.07, 6.45) is -2.40. The number of alkyl halides is 2. The van der Waals surface area contributed by atoms with Crippen molar-refractivity contribution < 1.29 is 18.3 Å². The van der Waals surface area contributed by atoms with E-state index < -0.39 is 13.0 Å². The minimum absolute atomic E-state index is 0.0197. The van der Waals surface area contributed by atoms with Crippen LogP contribution in [0, 0.1) is 0 Å². The molecule has 12 heavy (non-hydrogen) atoms. The lowest BCUT2D eigenvalue weighted by molar-refractivity contribution is 0.00158. The van der Waals surface area contributed by atoms with Crippen LogP contribution in [0.15, 0.2) is 0 Å². The maximum absolute atomic E-state index is 11.6. The first-order valence-electron chi connectivity index (χ1n) is 3.72. The van der Waals surface area contributed by atoms with Gasteiger partial charge < -0.3 is 14.8 Å². The number of rotatable bonds is 7. The average molecular weight is 183 g/mol. The Morgan fingerprint density at radius 1 is 1.25 bits per heavy atom. The smallest absolute Gasteiger partial charge is 0.261 e. The van der Waals surface area contributed by atoms with Crippen molar-refractivity contribution in [3.8, 4) is 0 Å². The third-order valence-electron chi connectivity index (χ3n) is 1.34. The molecule has 0 amide bonds. The number of likely N-dealkylation sites (N-methyl/N-ethyl adjacent to an activating group) is 1. The molecule has 5 heteroatoms. The van der Waals surface area contributed by atoms with E-state index in [1.165, 1.54) is 0 Å². The summed E-state index contributed by atoms with van der Waals surface area (Å²) in [4.78, 5) is 0. The van der Waals surface area contributed by atoms with Crippen LogP contribution >= 0.6 is 0 Å². The van der Waals surface area contributed by atoms with Crippen LogP contribution in [0.3, 0.4) is 0 Å². The summed E-state index contributed by atoms with van der Waals surface area (Å²) < 4.78 is 32.7. The van der Waals surface area contributed by atoms with Crippen molar-refractivity contribution in [2.24, 2.45) is 0 Å². The first-order chi connectivity index (χ1) is 5.70. The molecule has 74 valence electrons. The van der Waals surface area contributed by atoms with Crippen molar-refractivity contribution in [1.82, 2.24) is 5.32 Å². The van der Waals surface area contributed by atoms with Crippen LogP contribution in [0.1, 0.15) is 0 Å². The zero-order valence-electron chi connectivity index (χ0n) is 7.35. The topological polar surface area (TPSA) is 30.5 Å². The van der Waals surface area contributed by atoms with Crippen molar-refractivity contribution in [3.63, 3.8) is 0 Å². The Morgan fingerprint density at radius 2 is 1.92 bits per heavy atom. The van der Waals surface area contributed by atoms with E-state index in [1.807, 2.05) is 0 Å². The van der Waals surface area contributed by atoms with Gasteiger partial charge >= 0.3 is 0 Å². The summed E-state index contributed by atoms with van der Waals surface area (Å²) in [6.45, 7) is 0.191. The van der Waals surface area contributed by atoms with Gasteiger partial charge in [-0.15, -0.1) is 0 Å². The largest absolute Gasteiger partial charge is 0.383 e. The molecule has 0 aromatic rings. The summed E-state index contributed by atoms with van der Waals surface area (Å²) in [5.41, 5.74) is 0. The monoisotopic (exact) mass is 183 g/mol. The second-order valence-corrected chi connectivity index (χ2v) is 2.37. The van der Waals surface area contributed by atoms with Crippen molar-refractivity contribution in [1.29, 1.82) is 0 Å². The van der Waals surface area contributed by atoms with Gasteiger partial charge in [-0.25, -0.2) is 8.78 Å². The quantitative estimate of drug-likeness (QED) is 0.623. The molecule has 0 rings (SSSR count). The van der Waals surface area contributed by atoms with E-state index in [2.05, 4.69) is 5.32 Å². The summed E-state index contributed by atoms with van der Waals surface area (Å²) in [5.74, 6) is 0. The van der Waals surface area contributed by atoms with E-state index in [1.54, 1.807) is 14.2 Å². The van der Waals surface area contributed by atoms with E-state index >= 15 is 0 Å². The van der Waals surface area contributed by atoms with Crippen LogP contribution in [-0.2, 0) is 9.47 Å². The zero-order valence-corrected chi connectivity index (χ0v) is 7.35. The van der Waals surface area contributed by atoms with Gasteiger partial charge in [0.25, 0.3) is 6.43 Å². The molecule has 0 radical (unpaired) electrons. The Balaban J connectivity index is 3.31. The maximum atomic E-state index is 11.6. The number of methoxy groups -OCH3 is 1. The highest BCUT2D eigenvalue weighted by Crippen LogP contribution is 1.94. The van der Waals surface area contributed by atoms with Gasteiger partial charge in [0.1, 0.15) is 6.61 Å². The average Bonchev–Trinajstić information content (AvgIpc) is 2.02. The van der Waals surface area contributed by atoms with Crippen molar-refractivity contribution in [2.45, 2.75) is 12.5 Å². The molecule has 0 aliphatic rings. The molecule has 0 saturated carbocycles. The summed E-state index contributed by atoms with van der Waals surface area (Å²) >= 11 is 0. The summed E-state index contributed by atoms with van der Waals surface area (Å²) in [7, 11) is 3.28. The highest BCUT2D eigenvalue weighted by atomic mass is 19.3.